The molecule has 2 aliphatic rings. The number of rotatable bonds is 5. The molecule has 1 aliphatic heterocycles. The molecule has 2 aromatic rings. The van der Waals surface area contributed by atoms with E-state index in [0.717, 1.165) is 36.9 Å². The minimum absolute atomic E-state index is 0.136. The van der Waals surface area contributed by atoms with Gasteiger partial charge in [0.05, 0.1) is 12.1 Å². The maximum atomic E-state index is 13.4. The summed E-state index contributed by atoms with van der Waals surface area (Å²) >= 11 is 0. The lowest BCUT2D eigenvalue weighted by atomic mass is 9.83. The number of amides is 1. The third-order valence-electron chi connectivity index (χ3n) is 5.99. The topological polar surface area (TPSA) is 91.5 Å². The lowest BCUT2D eigenvalue weighted by molar-refractivity contribution is -0.122. The zero-order valence-electron chi connectivity index (χ0n) is 16.0. The van der Waals surface area contributed by atoms with E-state index in [1.807, 2.05) is 42.5 Å². The molecule has 6 heteroatoms. The summed E-state index contributed by atoms with van der Waals surface area (Å²) in [6.07, 6.45) is 6.77. The van der Waals surface area contributed by atoms with E-state index >= 15 is 0 Å². The highest BCUT2D eigenvalue weighted by Gasteiger charge is 2.42. The Bertz CT molecular complexity index is 807. The molecule has 1 aliphatic carbocycles. The van der Waals surface area contributed by atoms with Crippen LogP contribution in [0.2, 0.25) is 0 Å². The van der Waals surface area contributed by atoms with Gasteiger partial charge in [-0.2, -0.15) is 0 Å². The van der Waals surface area contributed by atoms with Crippen LogP contribution >= 0.6 is 0 Å². The minimum atomic E-state index is -0.917. The highest BCUT2D eigenvalue weighted by Crippen LogP contribution is 2.34. The number of aliphatic hydroxyl groups excluding tert-OH is 1. The summed E-state index contributed by atoms with van der Waals surface area (Å²) < 4.78 is 0. The van der Waals surface area contributed by atoms with E-state index in [1.54, 1.807) is 11.1 Å². The number of hydrogen-bond acceptors (Lipinski definition) is 5. The molecule has 0 radical (unpaired) electrons. The van der Waals surface area contributed by atoms with Crippen molar-refractivity contribution >= 4 is 17.4 Å². The lowest BCUT2D eigenvalue weighted by Gasteiger charge is -2.34. The molecule has 1 saturated carbocycles. The summed E-state index contributed by atoms with van der Waals surface area (Å²) in [4.78, 5) is 19.5. The SMILES string of the molecule is NC(C(=O)N1c2ncccc2CC1C(O)Nc1ccccc1)C1CCCCC1. The van der Waals surface area contributed by atoms with Gasteiger partial charge in [-0.1, -0.05) is 43.5 Å². The third-order valence-corrected chi connectivity index (χ3v) is 5.99. The van der Waals surface area contributed by atoms with Crippen LogP contribution in [0, 0.1) is 5.92 Å². The molecule has 3 atom stereocenters. The largest absolute Gasteiger partial charge is 0.372 e. The number of nitrogens with two attached hydrogens (primary N) is 1. The van der Waals surface area contributed by atoms with Crippen molar-refractivity contribution in [3.8, 4) is 0 Å². The Balaban J connectivity index is 1.57. The molecule has 28 heavy (non-hydrogen) atoms. The monoisotopic (exact) mass is 380 g/mol. The van der Waals surface area contributed by atoms with Crippen molar-refractivity contribution in [3.05, 3.63) is 54.2 Å². The fourth-order valence-electron chi connectivity index (χ4n) is 4.46. The van der Waals surface area contributed by atoms with Crippen LogP contribution < -0.4 is 16.0 Å². The Morgan fingerprint density at radius 2 is 1.89 bits per heavy atom. The number of anilines is 2. The molecule has 3 unspecified atom stereocenters. The van der Waals surface area contributed by atoms with Crippen molar-refractivity contribution in [3.63, 3.8) is 0 Å². The number of aliphatic hydroxyl groups is 1. The van der Waals surface area contributed by atoms with Gasteiger partial charge in [-0.05, 0) is 42.5 Å². The molecule has 0 saturated heterocycles. The van der Waals surface area contributed by atoms with Crippen LogP contribution in [0.5, 0.6) is 0 Å². The average Bonchev–Trinajstić information content (AvgIpc) is 3.14. The molecule has 1 aromatic heterocycles. The number of carbonyl (C=O) groups is 1. The molecule has 4 N–H and O–H groups in total. The number of nitrogens with one attached hydrogen (secondary N) is 1. The first-order valence-electron chi connectivity index (χ1n) is 10.2. The van der Waals surface area contributed by atoms with Crippen LogP contribution in [0.4, 0.5) is 11.5 Å². The van der Waals surface area contributed by atoms with Gasteiger partial charge < -0.3 is 16.2 Å². The number of hydrogen-bond donors (Lipinski definition) is 3. The zero-order chi connectivity index (χ0) is 19.5. The second kappa shape index (κ2) is 8.29. The molecule has 0 spiro atoms. The molecule has 1 aromatic carbocycles. The van der Waals surface area contributed by atoms with E-state index in [1.165, 1.54) is 6.42 Å². The van der Waals surface area contributed by atoms with Crippen LogP contribution in [-0.2, 0) is 11.2 Å². The van der Waals surface area contributed by atoms with Crippen molar-refractivity contribution in [2.75, 3.05) is 10.2 Å². The van der Waals surface area contributed by atoms with Crippen molar-refractivity contribution in [2.45, 2.75) is 56.8 Å². The summed E-state index contributed by atoms with van der Waals surface area (Å²) in [5.41, 5.74) is 8.19. The Morgan fingerprint density at radius 3 is 2.64 bits per heavy atom. The zero-order valence-corrected chi connectivity index (χ0v) is 16.0. The van der Waals surface area contributed by atoms with E-state index in [-0.39, 0.29) is 11.8 Å². The summed E-state index contributed by atoms with van der Waals surface area (Å²) in [5.74, 6) is 0.690. The standard InChI is InChI=1S/C22H28N4O2/c23-19(15-8-3-1-4-9-15)22(28)26-18(14-16-10-7-13-24-20(16)26)21(27)25-17-11-5-2-6-12-17/h2,5-7,10-13,15,18-19,21,25,27H,1,3-4,8-9,14,23H2. The van der Waals surface area contributed by atoms with Gasteiger partial charge in [-0.3, -0.25) is 9.69 Å². The third kappa shape index (κ3) is 3.75. The fourth-order valence-corrected chi connectivity index (χ4v) is 4.46. The Labute approximate surface area is 165 Å². The number of carbonyl (C=O) groups excluding carboxylic acids is 1. The highest BCUT2D eigenvalue weighted by atomic mass is 16.3. The smallest absolute Gasteiger partial charge is 0.245 e. The average molecular weight is 380 g/mol. The molecule has 2 heterocycles. The van der Waals surface area contributed by atoms with Crippen LogP contribution in [0.15, 0.2) is 48.7 Å². The van der Waals surface area contributed by atoms with E-state index < -0.39 is 18.3 Å². The van der Waals surface area contributed by atoms with Crippen LogP contribution in [-0.4, -0.2) is 34.3 Å². The predicted molar refractivity (Wildman–Crippen MR) is 110 cm³/mol. The normalized spacial score (nSPS) is 21.8. The number of benzene rings is 1. The maximum Gasteiger partial charge on any atom is 0.245 e. The Morgan fingerprint density at radius 1 is 1.14 bits per heavy atom. The van der Waals surface area contributed by atoms with E-state index in [9.17, 15) is 9.90 Å². The maximum absolute atomic E-state index is 13.4. The van der Waals surface area contributed by atoms with Crippen LogP contribution in [0.25, 0.3) is 0 Å². The Hall–Kier alpha value is -2.44. The first-order valence-corrected chi connectivity index (χ1v) is 10.2. The van der Waals surface area contributed by atoms with Crippen molar-refractivity contribution in [1.29, 1.82) is 0 Å². The highest BCUT2D eigenvalue weighted by molar-refractivity contribution is 5.99. The molecule has 1 amide bonds. The van der Waals surface area contributed by atoms with Gasteiger partial charge in [0.1, 0.15) is 12.0 Å². The number of pyridine rings is 1. The summed E-state index contributed by atoms with van der Waals surface area (Å²) in [7, 11) is 0. The molecule has 0 bridgehead atoms. The number of fused-ring (bicyclic) bond motifs is 1. The second-order valence-electron chi connectivity index (χ2n) is 7.84. The number of para-hydroxylation sites is 1. The number of nitrogens with zero attached hydrogens (tertiary/aromatic N) is 2. The van der Waals surface area contributed by atoms with Crippen molar-refractivity contribution < 1.29 is 9.90 Å². The van der Waals surface area contributed by atoms with E-state index in [4.69, 9.17) is 5.73 Å². The quantitative estimate of drug-likeness (QED) is 0.694. The molecule has 4 rings (SSSR count). The first-order chi connectivity index (χ1) is 13.6. The first kappa shape index (κ1) is 18.9. The van der Waals surface area contributed by atoms with Gasteiger partial charge in [0.15, 0.2) is 0 Å². The number of aromatic nitrogens is 1. The molecular formula is C22H28N4O2. The summed E-state index contributed by atoms with van der Waals surface area (Å²) in [6.45, 7) is 0. The van der Waals surface area contributed by atoms with Gasteiger partial charge in [0.2, 0.25) is 5.91 Å². The van der Waals surface area contributed by atoms with Gasteiger partial charge in [-0.15, -0.1) is 0 Å². The van der Waals surface area contributed by atoms with Gasteiger partial charge in [0, 0.05) is 18.3 Å². The van der Waals surface area contributed by atoms with Crippen LogP contribution in [0.1, 0.15) is 37.7 Å². The lowest BCUT2D eigenvalue weighted by Crippen LogP contribution is -2.55. The van der Waals surface area contributed by atoms with Crippen molar-refractivity contribution in [1.82, 2.24) is 4.98 Å². The van der Waals surface area contributed by atoms with E-state index in [0.29, 0.717) is 12.2 Å². The molecular weight excluding hydrogens is 352 g/mol. The van der Waals surface area contributed by atoms with E-state index in [2.05, 4.69) is 10.3 Å². The molecule has 6 nitrogen and oxygen atoms in total. The minimum Gasteiger partial charge on any atom is -0.372 e. The van der Waals surface area contributed by atoms with Gasteiger partial charge in [-0.25, -0.2) is 4.98 Å². The Kier molecular flexibility index (Phi) is 5.59. The van der Waals surface area contributed by atoms with Gasteiger partial charge >= 0.3 is 0 Å². The summed E-state index contributed by atoms with van der Waals surface area (Å²) in [5, 5.41) is 14.0. The second-order valence-corrected chi connectivity index (χ2v) is 7.84. The van der Waals surface area contributed by atoms with Crippen molar-refractivity contribution in [2.24, 2.45) is 11.7 Å². The predicted octanol–water partition coefficient (Wildman–Crippen LogP) is 2.68. The van der Waals surface area contributed by atoms with Crippen LogP contribution in [0.3, 0.4) is 0 Å². The fraction of sp³-hybridized carbons (Fsp3) is 0.455. The molecule has 148 valence electrons. The van der Waals surface area contributed by atoms with Gasteiger partial charge in [0.25, 0.3) is 0 Å². The molecule has 1 fully saturated rings. The summed E-state index contributed by atoms with van der Waals surface area (Å²) in [6, 6.07) is 12.3.